The topological polar surface area (TPSA) is 88.2 Å². The van der Waals surface area contributed by atoms with Crippen LogP contribution >= 0.6 is 11.3 Å². The number of carbonyl (C=O) groups excluding carboxylic acids is 1. The molecule has 2 aromatic heterocycles. The molecule has 3 aromatic rings. The molecule has 0 unspecified atom stereocenters. The van der Waals surface area contributed by atoms with Gasteiger partial charge < -0.3 is 15.5 Å². The number of thiazole rings is 1. The molecular formula is C16H16N6OS. The van der Waals surface area contributed by atoms with Gasteiger partial charge in [0.05, 0.1) is 10.2 Å². The monoisotopic (exact) mass is 340 g/mol. The molecule has 1 fully saturated rings. The molecule has 0 aliphatic carbocycles. The van der Waals surface area contributed by atoms with Gasteiger partial charge in [-0.25, -0.2) is 15.0 Å². The van der Waals surface area contributed by atoms with Gasteiger partial charge in [-0.1, -0.05) is 11.3 Å². The van der Waals surface area contributed by atoms with Gasteiger partial charge in [-0.3, -0.25) is 4.79 Å². The average Bonchev–Trinajstić information content (AvgIpc) is 3.01. The van der Waals surface area contributed by atoms with Gasteiger partial charge in [0.25, 0.3) is 5.91 Å². The van der Waals surface area contributed by atoms with Crippen LogP contribution < -0.4 is 10.6 Å². The Bertz CT molecular complexity index is 873. The number of benzene rings is 1. The first-order valence-electron chi connectivity index (χ1n) is 7.68. The van der Waals surface area contributed by atoms with Gasteiger partial charge in [-0.15, -0.1) is 0 Å². The molecule has 24 heavy (non-hydrogen) atoms. The summed E-state index contributed by atoms with van der Waals surface area (Å²) >= 11 is 1.40. The number of hydrogen-bond donors (Lipinski definition) is 1. The lowest BCUT2D eigenvalue weighted by atomic mass is 10.1. The van der Waals surface area contributed by atoms with Crippen molar-refractivity contribution in [1.82, 2.24) is 19.9 Å². The molecule has 0 spiro atoms. The molecular weight excluding hydrogens is 324 g/mol. The van der Waals surface area contributed by atoms with Gasteiger partial charge in [0, 0.05) is 44.1 Å². The van der Waals surface area contributed by atoms with E-state index in [9.17, 15) is 4.79 Å². The Kier molecular flexibility index (Phi) is 3.73. The third-order valence-corrected chi connectivity index (χ3v) is 4.90. The van der Waals surface area contributed by atoms with E-state index in [1.807, 2.05) is 23.1 Å². The molecule has 1 saturated heterocycles. The van der Waals surface area contributed by atoms with Gasteiger partial charge >= 0.3 is 0 Å². The molecule has 1 aliphatic rings. The van der Waals surface area contributed by atoms with E-state index in [2.05, 4.69) is 19.9 Å². The first-order valence-corrected chi connectivity index (χ1v) is 8.50. The predicted octanol–water partition coefficient (Wildman–Crippen LogP) is 1.63. The zero-order valence-corrected chi connectivity index (χ0v) is 13.7. The summed E-state index contributed by atoms with van der Waals surface area (Å²) in [5.74, 6) is 0.753. The molecule has 0 atom stereocenters. The van der Waals surface area contributed by atoms with Crippen LogP contribution in [0.1, 0.15) is 10.4 Å². The Hall–Kier alpha value is -2.74. The van der Waals surface area contributed by atoms with Crippen molar-refractivity contribution in [1.29, 1.82) is 0 Å². The van der Waals surface area contributed by atoms with E-state index < -0.39 is 0 Å². The van der Waals surface area contributed by atoms with Crippen LogP contribution in [-0.2, 0) is 0 Å². The predicted molar refractivity (Wildman–Crippen MR) is 94.2 cm³/mol. The molecule has 7 nitrogen and oxygen atoms in total. The fourth-order valence-corrected chi connectivity index (χ4v) is 3.60. The van der Waals surface area contributed by atoms with Crippen molar-refractivity contribution in [3.8, 4) is 0 Å². The second-order valence-corrected chi connectivity index (χ2v) is 6.62. The quantitative estimate of drug-likeness (QED) is 0.763. The standard InChI is InChI=1S/C16H16N6OS/c17-15-20-12-3-2-11(10-13(12)24-15)14(23)21-6-8-22(9-7-21)16-18-4-1-5-19-16/h1-5,10H,6-9H2,(H2,17,20). The van der Waals surface area contributed by atoms with E-state index in [0.29, 0.717) is 29.7 Å². The van der Waals surface area contributed by atoms with Crippen molar-refractivity contribution in [3.05, 3.63) is 42.2 Å². The Labute approximate surface area is 142 Å². The van der Waals surface area contributed by atoms with Crippen LogP contribution in [0, 0.1) is 0 Å². The number of carbonyl (C=O) groups is 1. The van der Waals surface area contributed by atoms with E-state index in [0.717, 1.165) is 23.3 Å². The third-order valence-electron chi connectivity index (χ3n) is 4.05. The summed E-state index contributed by atoms with van der Waals surface area (Å²) in [5.41, 5.74) is 7.23. The lowest BCUT2D eigenvalue weighted by Crippen LogP contribution is -2.49. The van der Waals surface area contributed by atoms with Gasteiger partial charge in [0.15, 0.2) is 5.13 Å². The molecule has 8 heteroatoms. The summed E-state index contributed by atoms with van der Waals surface area (Å²) in [5, 5.41) is 0.520. The van der Waals surface area contributed by atoms with Crippen LogP contribution in [0.4, 0.5) is 11.1 Å². The summed E-state index contributed by atoms with van der Waals surface area (Å²) in [6, 6.07) is 7.34. The van der Waals surface area contributed by atoms with Crippen LogP contribution in [0.2, 0.25) is 0 Å². The zero-order valence-electron chi connectivity index (χ0n) is 12.9. The maximum Gasteiger partial charge on any atom is 0.254 e. The van der Waals surface area contributed by atoms with Crippen molar-refractivity contribution >= 4 is 38.5 Å². The molecule has 0 radical (unpaired) electrons. The number of aromatic nitrogens is 3. The largest absolute Gasteiger partial charge is 0.375 e. The molecule has 3 heterocycles. The van der Waals surface area contributed by atoms with Gasteiger partial charge in [-0.2, -0.15) is 0 Å². The zero-order chi connectivity index (χ0) is 16.5. The van der Waals surface area contributed by atoms with Gasteiger partial charge in [0.2, 0.25) is 5.95 Å². The Morgan fingerprint density at radius 1 is 1.12 bits per heavy atom. The molecule has 1 aliphatic heterocycles. The number of nitrogens with two attached hydrogens (primary N) is 1. The summed E-state index contributed by atoms with van der Waals surface area (Å²) in [4.78, 5) is 29.4. The smallest absolute Gasteiger partial charge is 0.254 e. The van der Waals surface area contributed by atoms with Crippen LogP contribution in [0.5, 0.6) is 0 Å². The highest BCUT2D eigenvalue weighted by Gasteiger charge is 2.23. The number of nitrogen functional groups attached to an aromatic ring is 1. The number of fused-ring (bicyclic) bond motifs is 1. The number of anilines is 2. The molecule has 1 amide bonds. The fourth-order valence-electron chi connectivity index (χ4n) is 2.82. The Morgan fingerprint density at radius 2 is 1.88 bits per heavy atom. The van der Waals surface area contributed by atoms with Crippen LogP contribution in [0.25, 0.3) is 10.2 Å². The van der Waals surface area contributed by atoms with Crippen LogP contribution in [0.15, 0.2) is 36.7 Å². The lowest BCUT2D eigenvalue weighted by molar-refractivity contribution is 0.0746. The summed E-state index contributed by atoms with van der Waals surface area (Å²) < 4.78 is 0.940. The van der Waals surface area contributed by atoms with Gasteiger partial charge in [-0.05, 0) is 24.3 Å². The third kappa shape index (κ3) is 2.76. The molecule has 0 bridgehead atoms. The minimum absolute atomic E-state index is 0.0394. The second kappa shape index (κ2) is 6.04. The highest BCUT2D eigenvalue weighted by Crippen LogP contribution is 2.25. The fraction of sp³-hybridized carbons (Fsp3) is 0.250. The Balaban J connectivity index is 1.47. The van der Waals surface area contributed by atoms with Crippen molar-refractivity contribution in [2.75, 3.05) is 36.8 Å². The van der Waals surface area contributed by atoms with Crippen molar-refractivity contribution in [2.24, 2.45) is 0 Å². The Morgan fingerprint density at radius 3 is 2.62 bits per heavy atom. The lowest BCUT2D eigenvalue weighted by Gasteiger charge is -2.34. The van der Waals surface area contributed by atoms with E-state index in [1.54, 1.807) is 18.5 Å². The van der Waals surface area contributed by atoms with Gasteiger partial charge in [0.1, 0.15) is 0 Å². The second-order valence-electron chi connectivity index (χ2n) is 5.56. The minimum atomic E-state index is 0.0394. The number of rotatable bonds is 2. The van der Waals surface area contributed by atoms with E-state index in [-0.39, 0.29) is 5.91 Å². The van der Waals surface area contributed by atoms with E-state index in [1.165, 1.54) is 11.3 Å². The van der Waals surface area contributed by atoms with Crippen molar-refractivity contribution in [3.63, 3.8) is 0 Å². The maximum absolute atomic E-state index is 12.7. The number of amides is 1. The highest BCUT2D eigenvalue weighted by atomic mass is 32.1. The number of piperazine rings is 1. The normalized spacial score (nSPS) is 15.0. The summed E-state index contributed by atoms with van der Waals surface area (Å²) in [6.07, 6.45) is 3.46. The van der Waals surface area contributed by atoms with Crippen LogP contribution in [-0.4, -0.2) is 51.9 Å². The number of hydrogen-bond acceptors (Lipinski definition) is 7. The van der Waals surface area contributed by atoms with Crippen LogP contribution in [0.3, 0.4) is 0 Å². The molecule has 0 saturated carbocycles. The highest BCUT2D eigenvalue weighted by molar-refractivity contribution is 7.22. The molecule has 122 valence electrons. The van der Waals surface area contributed by atoms with Crippen molar-refractivity contribution in [2.45, 2.75) is 0 Å². The number of nitrogens with zero attached hydrogens (tertiary/aromatic N) is 5. The van der Waals surface area contributed by atoms with E-state index >= 15 is 0 Å². The SMILES string of the molecule is Nc1nc2ccc(C(=O)N3CCN(c4ncccn4)CC3)cc2s1. The first kappa shape index (κ1) is 14.8. The maximum atomic E-state index is 12.7. The van der Waals surface area contributed by atoms with E-state index in [4.69, 9.17) is 5.73 Å². The molecule has 2 N–H and O–H groups in total. The summed E-state index contributed by atoms with van der Waals surface area (Å²) in [6.45, 7) is 2.76. The molecule has 1 aromatic carbocycles. The van der Waals surface area contributed by atoms with Crippen molar-refractivity contribution < 1.29 is 4.79 Å². The minimum Gasteiger partial charge on any atom is -0.375 e. The summed E-state index contributed by atoms with van der Waals surface area (Å²) in [7, 11) is 0. The first-order chi connectivity index (χ1) is 11.7. The average molecular weight is 340 g/mol. The molecule has 4 rings (SSSR count).